The van der Waals surface area contributed by atoms with Crippen molar-refractivity contribution in [2.45, 2.75) is 13.5 Å². The van der Waals surface area contributed by atoms with Gasteiger partial charge in [-0.2, -0.15) is 0 Å². The number of carbonyl (C=O) groups is 1. The van der Waals surface area contributed by atoms with E-state index < -0.39 is 0 Å². The lowest BCUT2D eigenvalue weighted by Gasteiger charge is -2.07. The van der Waals surface area contributed by atoms with Gasteiger partial charge < -0.3 is 10.6 Å². The van der Waals surface area contributed by atoms with Crippen molar-refractivity contribution in [3.05, 3.63) is 51.6 Å². The molecule has 0 aliphatic rings. The van der Waals surface area contributed by atoms with Crippen molar-refractivity contribution in [3.63, 3.8) is 0 Å². The molecule has 0 bridgehead atoms. The summed E-state index contributed by atoms with van der Waals surface area (Å²) in [5, 5.41) is 5.49. The summed E-state index contributed by atoms with van der Waals surface area (Å²) >= 11 is 2.20. The summed E-state index contributed by atoms with van der Waals surface area (Å²) in [6, 6.07) is 7.33. The van der Waals surface area contributed by atoms with Gasteiger partial charge >= 0.3 is 6.03 Å². The number of nitrogens with one attached hydrogen (secondary N) is 2. The lowest BCUT2D eigenvalue weighted by molar-refractivity contribution is 0.251. The minimum absolute atomic E-state index is 0.260. The first-order valence-electron chi connectivity index (χ1n) is 5.71. The molecule has 0 aliphatic carbocycles. The van der Waals surface area contributed by atoms with Crippen molar-refractivity contribution < 1.29 is 4.79 Å². The van der Waals surface area contributed by atoms with Crippen LogP contribution in [0.15, 0.2) is 36.7 Å². The third-order valence-electron chi connectivity index (χ3n) is 2.35. The molecule has 0 fully saturated rings. The van der Waals surface area contributed by atoms with Crippen molar-refractivity contribution in [1.29, 1.82) is 0 Å². The topological polar surface area (TPSA) is 66.9 Å². The van der Waals surface area contributed by atoms with E-state index in [-0.39, 0.29) is 6.03 Å². The van der Waals surface area contributed by atoms with Crippen LogP contribution in [0.2, 0.25) is 0 Å². The Morgan fingerprint density at radius 1 is 1.32 bits per heavy atom. The Morgan fingerprint density at radius 2 is 2.16 bits per heavy atom. The molecule has 98 valence electrons. The van der Waals surface area contributed by atoms with Crippen LogP contribution in [0.4, 0.5) is 10.5 Å². The summed E-state index contributed by atoms with van der Waals surface area (Å²) in [4.78, 5) is 20.0. The average molecular weight is 368 g/mol. The van der Waals surface area contributed by atoms with Crippen LogP contribution in [-0.2, 0) is 6.54 Å². The maximum atomic E-state index is 11.7. The maximum Gasteiger partial charge on any atom is 0.319 e. The lowest BCUT2D eigenvalue weighted by Crippen LogP contribution is -2.28. The Morgan fingerprint density at radius 3 is 2.84 bits per heavy atom. The number of benzene rings is 1. The predicted octanol–water partition coefficient (Wildman–Crippen LogP) is 2.71. The van der Waals surface area contributed by atoms with Crippen molar-refractivity contribution in [1.82, 2.24) is 15.3 Å². The molecule has 2 N–H and O–H groups in total. The molecule has 5 nitrogen and oxygen atoms in total. The van der Waals surface area contributed by atoms with Gasteiger partial charge in [0.25, 0.3) is 0 Å². The number of halogens is 1. The second kappa shape index (κ2) is 6.46. The van der Waals surface area contributed by atoms with E-state index >= 15 is 0 Å². The smallest absolute Gasteiger partial charge is 0.319 e. The van der Waals surface area contributed by atoms with E-state index in [1.54, 1.807) is 12.4 Å². The number of rotatable bonds is 3. The SMILES string of the molecule is Cc1cnc(CNC(=O)Nc2cccc(I)c2)cn1. The van der Waals surface area contributed by atoms with Gasteiger partial charge in [-0.1, -0.05) is 6.07 Å². The van der Waals surface area contributed by atoms with Gasteiger partial charge in [-0.05, 0) is 47.7 Å². The molecule has 1 aromatic heterocycles. The monoisotopic (exact) mass is 368 g/mol. The van der Waals surface area contributed by atoms with Crippen molar-refractivity contribution in [2.75, 3.05) is 5.32 Å². The lowest BCUT2D eigenvalue weighted by atomic mass is 10.3. The van der Waals surface area contributed by atoms with Crippen LogP contribution in [-0.4, -0.2) is 16.0 Å². The number of amides is 2. The number of aryl methyl sites for hydroxylation is 1. The zero-order chi connectivity index (χ0) is 13.7. The Hall–Kier alpha value is -1.70. The molecule has 0 atom stereocenters. The highest BCUT2D eigenvalue weighted by atomic mass is 127. The summed E-state index contributed by atoms with van der Waals surface area (Å²) in [6.45, 7) is 2.22. The number of aromatic nitrogens is 2. The van der Waals surface area contributed by atoms with E-state index in [4.69, 9.17) is 0 Å². The van der Waals surface area contributed by atoms with Crippen molar-refractivity contribution >= 4 is 34.3 Å². The van der Waals surface area contributed by atoms with E-state index in [1.807, 2.05) is 31.2 Å². The highest BCUT2D eigenvalue weighted by molar-refractivity contribution is 14.1. The van der Waals surface area contributed by atoms with Crippen LogP contribution in [0.3, 0.4) is 0 Å². The number of anilines is 1. The van der Waals surface area contributed by atoms with Crippen LogP contribution in [0.5, 0.6) is 0 Å². The first kappa shape index (κ1) is 13.7. The van der Waals surface area contributed by atoms with E-state index in [0.29, 0.717) is 6.54 Å². The molecule has 0 radical (unpaired) electrons. The predicted molar refractivity (Wildman–Crippen MR) is 81.8 cm³/mol. The zero-order valence-electron chi connectivity index (χ0n) is 10.4. The van der Waals surface area contributed by atoms with Crippen molar-refractivity contribution in [3.8, 4) is 0 Å². The minimum atomic E-state index is -0.260. The van der Waals surface area contributed by atoms with Crippen molar-refractivity contribution in [2.24, 2.45) is 0 Å². The van der Waals surface area contributed by atoms with Crippen LogP contribution in [0, 0.1) is 10.5 Å². The van der Waals surface area contributed by atoms with E-state index in [2.05, 4.69) is 43.2 Å². The van der Waals surface area contributed by atoms with Gasteiger partial charge in [0.1, 0.15) is 0 Å². The first-order valence-corrected chi connectivity index (χ1v) is 6.79. The molecule has 0 unspecified atom stereocenters. The first-order chi connectivity index (χ1) is 9.13. The molecule has 2 aromatic rings. The van der Waals surface area contributed by atoms with Crippen LogP contribution >= 0.6 is 22.6 Å². The summed E-state index contributed by atoms with van der Waals surface area (Å²) in [5.74, 6) is 0. The summed E-state index contributed by atoms with van der Waals surface area (Å²) < 4.78 is 1.07. The molecule has 2 amide bonds. The van der Waals surface area contributed by atoms with Gasteiger partial charge in [0.2, 0.25) is 0 Å². The largest absolute Gasteiger partial charge is 0.332 e. The van der Waals surface area contributed by atoms with Crippen LogP contribution in [0.25, 0.3) is 0 Å². The minimum Gasteiger partial charge on any atom is -0.332 e. The molecule has 0 aliphatic heterocycles. The molecule has 0 saturated heterocycles. The number of nitrogens with zero attached hydrogens (tertiary/aromatic N) is 2. The second-order valence-corrected chi connectivity index (χ2v) is 5.21. The molecule has 0 saturated carbocycles. The van der Waals surface area contributed by atoms with Crippen LogP contribution in [0.1, 0.15) is 11.4 Å². The highest BCUT2D eigenvalue weighted by Crippen LogP contribution is 2.11. The van der Waals surface area contributed by atoms with E-state index in [9.17, 15) is 4.79 Å². The molecular formula is C13H13IN4O. The molecule has 1 aromatic carbocycles. The van der Waals surface area contributed by atoms with Gasteiger partial charge in [-0.25, -0.2) is 4.79 Å². The number of carbonyl (C=O) groups excluding carboxylic acids is 1. The van der Waals surface area contributed by atoms with E-state index in [0.717, 1.165) is 20.6 Å². The fraction of sp³-hybridized carbons (Fsp3) is 0.154. The van der Waals surface area contributed by atoms with E-state index in [1.165, 1.54) is 0 Å². The molecule has 1 heterocycles. The Balaban J connectivity index is 1.86. The standard InChI is InChI=1S/C13H13IN4O/c1-9-6-16-12(7-15-9)8-17-13(19)18-11-4-2-3-10(14)5-11/h2-7H,8H2,1H3,(H2,17,18,19). The van der Waals surface area contributed by atoms with Gasteiger partial charge in [-0.15, -0.1) is 0 Å². The number of urea groups is 1. The van der Waals surface area contributed by atoms with Crippen LogP contribution < -0.4 is 10.6 Å². The summed E-state index contributed by atoms with van der Waals surface area (Å²) in [7, 11) is 0. The second-order valence-electron chi connectivity index (χ2n) is 3.97. The summed E-state index contributed by atoms with van der Waals surface area (Å²) in [6.07, 6.45) is 3.33. The maximum absolute atomic E-state index is 11.7. The highest BCUT2D eigenvalue weighted by Gasteiger charge is 2.02. The molecule has 6 heteroatoms. The number of hydrogen-bond donors (Lipinski definition) is 2. The Labute approximate surface area is 125 Å². The molecule has 0 spiro atoms. The van der Waals surface area contributed by atoms with Gasteiger partial charge in [-0.3, -0.25) is 9.97 Å². The molecular weight excluding hydrogens is 355 g/mol. The quantitative estimate of drug-likeness (QED) is 0.819. The Bertz CT molecular complexity index is 571. The molecule has 2 rings (SSSR count). The number of hydrogen-bond acceptors (Lipinski definition) is 3. The van der Waals surface area contributed by atoms with Gasteiger partial charge in [0.15, 0.2) is 0 Å². The fourth-order valence-corrected chi connectivity index (χ4v) is 1.97. The average Bonchev–Trinajstić information content (AvgIpc) is 2.38. The normalized spacial score (nSPS) is 10.0. The zero-order valence-corrected chi connectivity index (χ0v) is 12.5. The third-order valence-corrected chi connectivity index (χ3v) is 3.02. The Kier molecular flexibility index (Phi) is 4.67. The molecule has 19 heavy (non-hydrogen) atoms. The summed E-state index contributed by atoms with van der Waals surface area (Å²) in [5.41, 5.74) is 2.34. The van der Waals surface area contributed by atoms with Gasteiger partial charge in [0.05, 0.1) is 24.1 Å². The third kappa shape index (κ3) is 4.47. The fourth-order valence-electron chi connectivity index (χ4n) is 1.42. The van der Waals surface area contributed by atoms with Gasteiger partial charge in [0, 0.05) is 15.5 Å².